The Morgan fingerprint density at radius 3 is 2.10 bits per heavy atom. The Kier molecular flexibility index (Phi) is 6.33. The maximum Gasteiger partial charge on any atom is 0.416 e. The lowest BCUT2D eigenvalue weighted by Gasteiger charge is -2.41. The number of benzene rings is 1. The van der Waals surface area contributed by atoms with Gasteiger partial charge in [0.1, 0.15) is 11.9 Å². The van der Waals surface area contributed by atoms with Gasteiger partial charge in [0.25, 0.3) is 0 Å². The van der Waals surface area contributed by atoms with Crippen LogP contribution in [0, 0.1) is 0 Å². The average Bonchev–Trinajstić information content (AvgIpc) is 2.68. The molecule has 1 aromatic carbocycles. The molecule has 30 heavy (non-hydrogen) atoms. The van der Waals surface area contributed by atoms with Crippen LogP contribution in [0.15, 0.2) is 24.3 Å². The molecule has 1 aromatic rings. The molecular weight excluding hydrogens is 427 g/mol. The number of hydrogen-bond donors (Lipinski definition) is 2. The first kappa shape index (κ1) is 22.8. The van der Waals surface area contributed by atoms with E-state index in [1.54, 1.807) is 0 Å². The van der Waals surface area contributed by atoms with Crippen LogP contribution in [-0.4, -0.2) is 65.9 Å². The van der Waals surface area contributed by atoms with E-state index in [2.05, 4.69) is 0 Å². The van der Waals surface area contributed by atoms with Gasteiger partial charge in [0, 0.05) is 26.2 Å². The molecule has 2 heterocycles. The number of hydroxylamine groups is 2. The fourth-order valence-corrected chi connectivity index (χ4v) is 5.98. The van der Waals surface area contributed by atoms with E-state index >= 15 is 0 Å². The Balaban J connectivity index is 1.63. The van der Waals surface area contributed by atoms with Gasteiger partial charge < -0.3 is 15.7 Å². The highest BCUT2D eigenvalue weighted by Gasteiger charge is 2.54. The second kappa shape index (κ2) is 8.33. The molecule has 8 nitrogen and oxygen atoms in total. The minimum atomic E-state index is -4.43. The van der Waals surface area contributed by atoms with E-state index in [0.717, 1.165) is 17.2 Å². The molecule has 3 rings (SSSR count). The maximum atomic E-state index is 13.2. The quantitative estimate of drug-likeness (QED) is 0.703. The van der Waals surface area contributed by atoms with Crippen LogP contribution in [0.3, 0.4) is 0 Å². The van der Waals surface area contributed by atoms with Gasteiger partial charge in [0.15, 0.2) is 4.75 Å². The molecule has 2 aliphatic heterocycles. The lowest BCUT2D eigenvalue weighted by molar-refractivity contribution is -0.137. The highest BCUT2D eigenvalue weighted by Crippen LogP contribution is 2.35. The van der Waals surface area contributed by atoms with Crippen LogP contribution in [0.1, 0.15) is 31.2 Å². The van der Waals surface area contributed by atoms with Gasteiger partial charge >= 0.3 is 6.18 Å². The lowest BCUT2D eigenvalue weighted by atomic mass is 9.96. The van der Waals surface area contributed by atoms with Gasteiger partial charge in [-0.3, -0.25) is 4.79 Å². The standard InChI is InChI=1S/C18H24F3N3O5S/c19-18(20,21)13-1-3-14(4-2-13)29-15-5-9-24(10-6-15)30(27,28)17(16(22)25)7-11-23(26)12-8-17/h1-4,15,26H,5-12H2,(H2,22,25). The summed E-state index contributed by atoms with van der Waals surface area (Å²) >= 11 is 0. The summed E-state index contributed by atoms with van der Waals surface area (Å²) in [7, 11) is -4.05. The molecule has 2 aliphatic rings. The first-order chi connectivity index (χ1) is 14.0. The number of primary amides is 1. The average molecular weight is 451 g/mol. The number of nitrogens with two attached hydrogens (primary N) is 1. The number of carbonyl (C=O) groups excluding carboxylic acids is 1. The van der Waals surface area contributed by atoms with E-state index in [9.17, 15) is 31.6 Å². The van der Waals surface area contributed by atoms with Crippen molar-refractivity contribution in [2.24, 2.45) is 5.73 Å². The number of hydrogen-bond acceptors (Lipinski definition) is 6. The van der Waals surface area contributed by atoms with Gasteiger partial charge in [-0.1, -0.05) is 0 Å². The molecule has 0 aliphatic carbocycles. The molecule has 12 heteroatoms. The molecule has 0 atom stereocenters. The molecule has 0 radical (unpaired) electrons. The van der Waals surface area contributed by atoms with Crippen molar-refractivity contribution in [2.45, 2.75) is 42.7 Å². The Bertz CT molecular complexity index is 860. The Morgan fingerprint density at radius 2 is 1.63 bits per heavy atom. The van der Waals surface area contributed by atoms with Crippen molar-refractivity contribution in [3.63, 3.8) is 0 Å². The van der Waals surface area contributed by atoms with Gasteiger partial charge in [-0.2, -0.15) is 18.2 Å². The number of carbonyl (C=O) groups is 1. The number of alkyl halides is 3. The molecule has 2 saturated heterocycles. The van der Waals surface area contributed by atoms with Gasteiger partial charge in [-0.05, 0) is 49.9 Å². The molecule has 168 valence electrons. The van der Waals surface area contributed by atoms with Crippen molar-refractivity contribution in [1.29, 1.82) is 0 Å². The van der Waals surface area contributed by atoms with Crippen molar-refractivity contribution in [2.75, 3.05) is 26.2 Å². The van der Waals surface area contributed by atoms with Gasteiger partial charge in [-0.25, -0.2) is 12.7 Å². The number of rotatable bonds is 5. The Morgan fingerprint density at radius 1 is 1.10 bits per heavy atom. The zero-order chi connectivity index (χ0) is 22.2. The molecule has 0 spiro atoms. The van der Waals surface area contributed by atoms with Crippen molar-refractivity contribution in [3.8, 4) is 5.75 Å². The van der Waals surface area contributed by atoms with E-state index < -0.39 is 32.4 Å². The zero-order valence-corrected chi connectivity index (χ0v) is 17.0. The topological polar surface area (TPSA) is 113 Å². The fourth-order valence-electron chi connectivity index (χ4n) is 3.84. The largest absolute Gasteiger partial charge is 0.490 e. The van der Waals surface area contributed by atoms with Crippen molar-refractivity contribution in [3.05, 3.63) is 29.8 Å². The number of piperidine rings is 2. The van der Waals surface area contributed by atoms with Crippen molar-refractivity contribution in [1.82, 2.24) is 9.37 Å². The minimum Gasteiger partial charge on any atom is -0.490 e. The molecular formula is C18H24F3N3O5S. The minimum absolute atomic E-state index is 0.0235. The molecule has 0 saturated carbocycles. The summed E-state index contributed by atoms with van der Waals surface area (Å²) in [5.74, 6) is -0.660. The van der Waals surface area contributed by atoms with E-state index in [-0.39, 0.29) is 50.9 Å². The normalized spacial score (nSPS) is 22.0. The summed E-state index contributed by atoms with van der Waals surface area (Å²) < 4.78 is 69.5. The van der Waals surface area contributed by atoms with Crippen molar-refractivity contribution >= 4 is 15.9 Å². The zero-order valence-electron chi connectivity index (χ0n) is 16.1. The smallest absolute Gasteiger partial charge is 0.416 e. The molecule has 0 unspecified atom stereocenters. The number of ether oxygens (including phenoxy) is 1. The van der Waals surface area contributed by atoms with E-state index in [4.69, 9.17) is 10.5 Å². The molecule has 2 fully saturated rings. The number of halogens is 3. The maximum absolute atomic E-state index is 13.2. The molecule has 0 aromatic heterocycles. The predicted molar refractivity (Wildman–Crippen MR) is 100 cm³/mol. The molecule has 1 amide bonds. The predicted octanol–water partition coefficient (Wildman–Crippen LogP) is 1.59. The highest BCUT2D eigenvalue weighted by atomic mass is 32.2. The third-order valence-electron chi connectivity index (χ3n) is 5.72. The summed E-state index contributed by atoms with van der Waals surface area (Å²) in [4.78, 5) is 12.1. The second-order valence-electron chi connectivity index (χ2n) is 7.56. The van der Waals surface area contributed by atoms with Crippen LogP contribution in [0.4, 0.5) is 13.2 Å². The van der Waals surface area contributed by atoms with Crippen LogP contribution in [-0.2, 0) is 21.0 Å². The lowest BCUT2D eigenvalue weighted by Crippen LogP contribution is -2.61. The van der Waals surface area contributed by atoms with Crippen LogP contribution in [0.2, 0.25) is 0 Å². The van der Waals surface area contributed by atoms with Gasteiger partial charge in [0.2, 0.25) is 15.9 Å². The molecule has 3 N–H and O–H groups in total. The first-order valence-electron chi connectivity index (χ1n) is 9.53. The molecule has 0 bridgehead atoms. The van der Waals surface area contributed by atoms with E-state index in [1.807, 2.05) is 0 Å². The Hall–Kier alpha value is -1.89. The number of nitrogens with zero attached hydrogens (tertiary/aromatic N) is 2. The van der Waals surface area contributed by atoms with E-state index in [0.29, 0.717) is 12.8 Å². The van der Waals surface area contributed by atoms with Crippen molar-refractivity contribution < 1.29 is 36.3 Å². The number of sulfonamides is 1. The Labute approximate surface area is 172 Å². The van der Waals surface area contributed by atoms with Crippen LogP contribution in [0.25, 0.3) is 0 Å². The summed E-state index contributed by atoms with van der Waals surface area (Å²) in [5, 5.41) is 10.5. The van der Waals surface area contributed by atoms with E-state index in [1.165, 1.54) is 16.4 Å². The third kappa shape index (κ3) is 4.41. The monoisotopic (exact) mass is 451 g/mol. The first-order valence-corrected chi connectivity index (χ1v) is 11.0. The number of amides is 1. The summed E-state index contributed by atoms with van der Waals surface area (Å²) in [6.07, 6.45) is -4.34. The SMILES string of the molecule is NC(=O)C1(S(=O)(=O)N2CCC(Oc3ccc(C(F)(F)F)cc3)CC2)CCN(O)CC1. The van der Waals surface area contributed by atoms with Crippen LogP contribution >= 0.6 is 0 Å². The summed E-state index contributed by atoms with van der Waals surface area (Å²) in [5.41, 5.74) is 4.69. The van der Waals surface area contributed by atoms with Gasteiger partial charge in [-0.15, -0.1) is 0 Å². The highest BCUT2D eigenvalue weighted by molar-refractivity contribution is 7.91. The van der Waals surface area contributed by atoms with Crippen LogP contribution in [0.5, 0.6) is 5.75 Å². The van der Waals surface area contributed by atoms with Crippen LogP contribution < -0.4 is 10.5 Å². The summed E-state index contributed by atoms with van der Waals surface area (Å²) in [6.45, 7) is 0.252. The second-order valence-corrected chi connectivity index (χ2v) is 9.80. The summed E-state index contributed by atoms with van der Waals surface area (Å²) in [6, 6.07) is 4.32. The third-order valence-corrected chi connectivity index (χ3v) is 8.36. The fraction of sp³-hybridized carbons (Fsp3) is 0.611. The van der Waals surface area contributed by atoms with Gasteiger partial charge in [0.05, 0.1) is 5.56 Å².